The Kier molecular flexibility index (Phi) is 8.12. The van der Waals surface area contributed by atoms with Crippen molar-refractivity contribution in [1.82, 2.24) is 25.2 Å². The summed E-state index contributed by atoms with van der Waals surface area (Å²) in [6.07, 6.45) is 4.04. The Hall–Kier alpha value is -4.49. The van der Waals surface area contributed by atoms with E-state index in [1.807, 2.05) is 6.92 Å². The quantitative estimate of drug-likeness (QED) is 0.132. The summed E-state index contributed by atoms with van der Waals surface area (Å²) in [4.78, 5) is 31.5. The summed E-state index contributed by atoms with van der Waals surface area (Å²) >= 11 is 0. The molecule has 2 aromatic heterocycles. The minimum absolute atomic E-state index is 0.0627. The van der Waals surface area contributed by atoms with Crippen LogP contribution in [0.3, 0.4) is 0 Å². The summed E-state index contributed by atoms with van der Waals surface area (Å²) in [5.74, 6) is -0.157. The Bertz CT molecular complexity index is 1710. The van der Waals surface area contributed by atoms with Gasteiger partial charge in [-0.05, 0) is 55.3 Å². The first-order valence-electron chi connectivity index (χ1n) is 12.1. The molecule has 0 unspecified atom stereocenters. The second-order valence-corrected chi connectivity index (χ2v) is 10.2. The third-order valence-electron chi connectivity index (χ3n) is 5.77. The molecule has 0 bridgehead atoms. The largest absolute Gasteiger partial charge is 0.493 e. The Morgan fingerprint density at radius 1 is 1.18 bits per heavy atom. The van der Waals surface area contributed by atoms with E-state index in [0.29, 0.717) is 52.3 Å². The van der Waals surface area contributed by atoms with Crippen LogP contribution >= 0.6 is 0 Å². The predicted octanol–water partition coefficient (Wildman–Crippen LogP) is 2.99. The molecule has 4 rings (SSSR count). The number of amides is 1. The van der Waals surface area contributed by atoms with Crippen LogP contribution in [0.15, 0.2) is 58.2 Å². The summed E-state index contributed by atoms with van der Waals surface area (Å²) < 4.78 is 36.3. The van der Waals surface area contributed by atoms with E-state index >= 15 is 0 Å². The standard InChI is InChI=1S/C26H28N6O6S/c1-4-6-20-23-24(32(3)29-20)26(34)28-25(27-23)19-15-18(12-13-21(19)38-5-2)39(36,37)31-17-10-7-16(8-11-17)9-14-22(33)30-35/h7-15,31,35H,4-6H2,1-3H3,(H,30,33)(H,27,28,34). The fourth-order valence-electron chi connectivity index (χ4n) is 4.01. The number of aromatic nitrogens is 4. The highest BCUT2D eigenvalue weighted by atomic mass is 32.2. The molecule has 2 heterocycles. The van der Waals surface area contributed by atoms with Gasteiger partial charge >= 0.3 is 0 Å². The maximum absolute atomic E-state index is 13.3. The molecule has 12 nitrogen and oxygen atoms in total. The molecule has 0 fully saturated rings. The van der Waals surface area contributed by atoms with Gasteiger partial charge in [0.1, 0.15) is 17.1 Å². The lowest BCUT2D eigenvalue weighted by atomic mass is 10.1. The number of aromatic amines is 1. The number of fused-ring (bicyclic) bond motifs is 1. The van der Waals surface area contributed by atoms with Crippen molar-refractivity contribution in [1.29, 1.82) is 0 Å². The van der Waals surface area contributed by atoms with Crippen molar-refractivity contribution in [2.45, 2.75) is 31.6 Å². The van der Waals surface area contributed by atoms with E-state index in [1.165, 1.54) is 46.6 Å². The van der Waals surface area contributed by atoms with Gasteiger partial charge in [0.05, 0.1) is 22.8 Å². The molecule has 0 aliphatic heterocycles. The molecule has 204 valence electrons. The van der Waals surface area contributed by atoms with E-state index in [4.69, 9.17) is 9.94 Å². The van der Waals surface area contributed by atoms with Crippen LogP contribution in [-0.2, 0) is 28.3 Å². The fraction of sp³-hybridized carbons (Fsp3) is 0.231. The lowest BCUT2D eigenvalue weighted by Crippen LogP contribution is -2.15. The van der Waals surface area contributed by atoms with Gasteiger partial charge < -0.3 is 9.72 Å². The van der Waals surface area contributed by atoms with Crippen LogP contribution in [0.5, 0.6) is 5.75 Å². The highest BCUT2D eigenvalue weighted by Gasteiger charge is 2.21. The number of rotatable bonds is 10. The Labute approximate surface area is 224 Å². The van der Waals surface area contributed by atoms with E-state index in [9.17, 15) is 18.0 Å². The zero-order valence-corrected chi connectivity index (χ0v) is 22.4. The number of nitrogens with zero attached hydrogens (tertiary/aromatic N) is 3. The van der Waals surface area contributed by atoms with Crippen molar-refractivity contribution in [3.63, 3.8) is 0 Å². The van der Waals surface area contributed by atoms with Crippen molar-refractivity contribution < 1.29 is 23.2 Å². The Morgan fingerprint density at radius 3 is 2.59 bits per heavy atom. The lowest BCUT2D eigenvalue weighted by molar-refractivity contribution is -0.124. The number of anilines is 1. The van der Waals surface area contributed by atoms with E-state index in [-0.39, 0.29) is 10.7 Å². The van der Waals surface area contributed by atoms with E-state index < -0.39 is 21.5 Å². The zero-order chi connectivity index (χ0) is 28.2. The summed E-state index contributed by atoms with van der Waals surface area (Å²) in [6.45, 7) is 4.12. The third kappa shape index (κ3) is 5.99. The Morgan fingerprint density at radius 2 is 1.92 bits per heavy atom. The second-order valence-electron chi connectivity index (χ2n) is 8.56. The van der Waals surface area contributed by atoms with E-state index in [1.54, 1.807) is 26.1 Å². The molecule has 4 aromatic rings. The number of hydrogen-bond donors (Lipinski definition) is 4. The first-order chi connectivity index (χ1) is 18.7. The molecule has 0 spiro atoms. The number of sulfonamides is 1. The summed E-state index contributed by atoms with van der Waals surface area (Å²) in [5.41, 5.74) is 3.79. The number of H-pyrrole nitrogens is 1. The van der Waals surface area contributed by atoms with Crippen LogP contribution in [0, 0.1) is 0 Å². The van der Waals surface area contributed by atoms with Gasteiger partial charge in [0.25, 0.3) is 21.5 Å². The number of carbonyl (C=O) groups is 1. The first kappa shape index (κ1) is 27.5. The maximum Gasteiger partial charge on any atom is 0.277 e. The molecule has 0 saturated carbocycles. The summed E-state index contributed by atoms with van der Waals surface area (Å²) in [7, 11) is -2.36. The molecule has 0 aliphatic carbocycles. The number of ether oxygens (including phenoxy) is 1. The topological polar surface area (TPSA) is 168 Å². The zero-order valence-electron chi connectivity index (χ0n) is 21.6. The molecule has 0 atom stereocenters. The number of hydrogen-bond acceptors (Lipinski definition) is 8. The molecule has 0 saturated heterocycles. The fourth-order valence-corrected chi connectivity index (χ4v) is 5.09. The van der Waals surface area contributed by atoms with Crippen LogP contribution in [0.25, 0.3) is 28.5 Å². The molecule has 13 heteroatoms. The van der Waals surface area contributed by atoms with E-state index in [2.05, 4.69) is 19.8 Å². The number of carbonyl (C=O) groups excluding carboxylic acids is 1. The van der Waals surface area contributed by atoms with Crippen molar-refractivity contribution >= 4 is 38.7 Å². The van der Waals surface area contributed by atoms with Crippen LogP contribution in [0.2, 0.25) is 0 Å². The molecule has 0 radical (unpaired) electrons. The normalized spacial score (nSPS) is 11.7. The first-order valence-corrected chi connectivity index (χ1v) is 13.6. The van der Waals surface area contributed by atoms with Gasteiger partial charge in [-0.25, -0.2) is 18.9 Å². The monoisotopic (exact) mass is 552 g/mol. The van der Waals surface area contributed by atoms with Crippen molar-refractivity contribution in [2.24, 2.45) is 7.05 Å². The molecule has 0 aliphatic rings. The Balaban J connectivity index is 1.72. The van der Waals surface area contributed by atoms with Gasteiger partial charge in [0, 0.05) is 18.8 Å². The van der Waals surface area contributed by atoms with Crippen LogP contribution in [0.1, 0.15) is 31.5 Å². The molecular weight excluding hydrogens is 524 g/mol. The minimum atomic E-state index is -4.04. The molecule has 4 N–H and O–H groups in total. The number of hydroxylamine groups is 1. The van der Waals surface area contributed by atoms with Gasteiger partial charge in [-0.15, -0.1) is 0 Å². The smallest absolute Gasteiger partial charge is 0.277 e. The SMILES string of the molecule is CCCc1nn(C)c2c(=O)[nH]c(-c3cc(S(=O)(=O)Nc4ccc(C=CC(=O)NO)cc4)ccc3OCC)nc12. The van der Waals surface area contributed by atoms with Gasteiger partial charge in [-0.1, -0.05) is 25.5 Å². The predicted molar refractivity (Wildman–Crippen MR) is 146 cm³/mol. The van der Waals surface area contributed by atoms with Crippen molar-refractivity contribution in [3.05, 3.63) is 70.2 Å². The molecule has 39 heavy (non-hydrogen) atoms. The maximum atomic E-state index is 13.3. The summed E-state index contributed by atoms with van der Waals surface area (Å²) in [6, 6.07) is 10.6. The second kappa shape index (κ2) is 11.5. The number of nitrogens with one attached hydrogen (secondary N) is 3. The molecule has 1 amide bonds. The third-order valence-corrected chi connectivity index (χ3v) is 7.14. The van der Waals surface area contributed by atoms with Crippen LogP contribution in [0.4, 0.5) is 5.69 Å². The number of benzene rings is 2. The average Bonchev–Trinajstić information content (AvgIpc) is 3.23. The molecular formula is C26H28N6O6S. The molecule has 2 aromatic carbocycles. The van der Waals surface area contributed by atoms with Crippen molar-refractivity contribution in [3.8, 4) is 17.1 Å². The van der Waals surface area contributed by atoms with Gasteiger partial charge in [0.15, 0.2) is 5.52 Å². The van der Waals surface area contributed by atoms with Crippen LogP contribution < -0.4 is 20.5 Å². The average molecular weight is 553 g/mol. The van der Waals surface area contributed by atoms with Crippen molar-refractivity contribution in [2.75, 3.05) is 11.3 Å². The highest BCUT2D eigenvalue weighted by molar-refractivity contribution is 7.92. The highest BCUT2D eigenvalue weighted by Crippen LogP contribution is 2.32. The van der Waals surface area contributed by atoms with Gasteiger partial charge in [0.2, 0.25) is 0 Å². The van der Waals surface area contributed by atoms with E-state index in [0.717, 1.165) is 12.5 Å². The number of aryl methyl sites for hydroxylation is 2. The van der Waals surface area contributed by atoms with Gasteiger partial charge in [-0.3, -0.25) is 24.2 Å². The summed E-state index contributed by atoms with van der Waals surface area (Å²) in [5, 5.41) is 13.0. The van der Waals surface area contributed by atoms with Crippen LogP contribution in [-0.4, -0.2) is 45.9 Å². The lowest BCUT2D eigenvalue weighted by Gasteiger charge is -2.13. The van der Waals surface area contributed by atoms with Gasteiger partial charge in [-0.2, -0.15) is 5.10 Å². The minimum Gasteiger partial charge on any atom is -0.493 e.